The highest BCUT2D eigenvalue weighted by Gasteiger charge is 2.58. The molecular weight excluding hydrogens is 522 g/mol. The number of amides is 3. The lowest BCUT2D eigenvalue weighted by atomic mass is 9.84. The molecule has 0 radical (unpaired) electrons. The van der Waals surface area contributed by atoms with Gasteiger partial charge in [-0.1, -0.05) is 29.8 Å². The third-order valence-electron chi connectivity index (χ3n) is 7.38. The smallest absolute Gasteiger partial charge is 0.411 e. The lowest BCUT2D eigenvalue weighted by molar-refractivity contribution is -0.131. The summed E-state index contributed by atoms with van der Waals surface area (Å²) < 4.78 is 38.5. The molecule has 3 N–H and O–H groups in total. The molecule has 0 spiro atoms. The average molecular weight is 551 g/mol. The zero-order chi connectivity index (χ0) is 28.4. The number of carbonyl (C=O) groups excluding carboxylic acids is 3. The number of fused-ring (bicyclic) bond motifs is 2. The third-order valence-corrected chi connectivity index (χ3v) is 7.38. The first-order valence-electron chi connectivity index (χ1n) is 12.9. The van der Waals surface area contributed by atoms with Gasteiger partial charge in [-0.3, -0.25) is 14.5 Å². The highest BCUT2D eigenvalue weighted by molar-refractivity contribution is 5.97. The highest BCUT2D eigenvalue weighted by atomic mass is 19.1. The first kappa shape index (κ1) is 27.0. The van der Waals surface area contributed by atoms with E-state index in [9.17, 15) is 23.2 Å². The molecule has 2 saturated heterocycles. The molecule has 2 aliphatic heterocycles. The molecule has 3 heterocycles. The Morgan fingerprint density at radius 3 is 2.62 bits per heavy atom. The van der Waals surface area contributed by atoms with Crippen molar-refractivity contribution in [3.05, 3.63) is 89.1 Å². The molecule has 3 aromatic rings. The maximum atomic E-state index is 14.1. The fourth-order valence-electron chi connectivity index (χ4n) is 5.59. The summed E-state index contributed by atoms with van der Waals surface area (Å²) in [6, 6.07) is 12.7. The summed E-state index contributed by atoms with van der Waals surface area (Å²) in [4.78, 5) is 44.5. The number of hydrogen-bond acceptors (Lipinski definition) is 6. The Morgan fingerprint density at radius 2 is 1.90 bits per heavy atom. The maximum Gasteiger partial charge on any atom is 0.411 e. The van der Waals surface area contributed by atoms with Crippen molar-refractivity contribution >= 4 is 17.9 Å². The fourth-order valence-corrected chi connectivity index (χ4v) is 5.59. The predicted molar refractivity (Wildman–Crippen MR) is 139 cm³/mol. The maximum absolute atomic E-state index is 14.1. The van der Waals surface area contributed by atoms with Crippen LogP contribution in [-0.2, 0) is 16.1 Å². The van der Waals surface area contributed by atoms with Gasteiger partial charge in [-0.15, -0.1) is 0 Å². The van der Waals surface area contributed by atoms with Crippen molar-refractivity contribution in [2.24, 2.45) is 5.73 Å². The Balaban J connectivity index is 1.31. The minimum absolute atomic E-state index is 0.0438. The summed E-state index contributed by atoms with van der Waals surface area (Å²) in [6.07, 6.45) is 1.52. The number of rotatable bonds is 7. The van der Waals surface area contributed by atoms with Crippen LogP contribution in [-0.4, -0.2) is 45.4 Å². The topological polar surface area (TPSA) is 124 Å². The lowest BCUT2D eigenvalue weighted by Crippen LogP contribution is -2.64. The van der Waals surface area contributed by atoms with Gasteiger partial charge in [0.2, 0.25) is 11.8 Å². The number of nitrogens with one attached hydrogen (secondary N) is 1. The first-order valence-corrected chi connectivity index (χ1v) is 12.9. The van der Waals surface area contributed by atoms with Crippen LogP contribution in [0, 0.1) is 18.6 Å². The number of aromatic nitrogens is 1. The molecular formula is C29H28F2N4O5. The number of pyridine rings is 1. The molecule has 11 heteroatoms. The molecule has 40 heavy (non-hydrogen) atoms. The van der Waals surface area contributed by atoms with Crippen molar-refractivity contribution in [2.45, 2.75) is 56.8 Å². The Morgan fingerprint density at radius 1 is 1.12 bits per heavy atom. The van der Waals surface area contributed by atoms with Gasteiger partial charge >= 0.3 is 6.09 Å². The van der Waals surface area contributed by atoms with Gasteiger partial charge in [0.1, 0.15) is 35.1 Å². The van der Waals surface area contributed by atoms with E-state index in [4.69, 9.17) is 15.2 Å². The van der Waals surface area contributed by atoms with Crippen LogP contribution in [0.1, 0.15) is 47.2 Å². The van der Waals surface area contributed by atoms with Crippen LogP contribution >= 0.6 is 0 Å². The number of aryl methyl sites for hydroxylation is 1. The van der Waals surface area contributed by atoms with Gasteiger partial charge in [0.15, 0.2) is 0 Å². The van der Waals surface area contributed by atoms with Gasteiger partial charge in [-0.05, 0) is 62.1 Å². The summed E-state index contributed by atoms with van der Waals surface area (Å²) in [5.41, 5.74) is 6.17. The summed E-state index contributed by atoms with van der Waals surface area (Å²) in [7, 11) is 0. The zero-order valence-corrected chi connectivity index (χ0v) is 21.7. The van der Waals surface area contributed by atoms with Crippen molar-refractivity contribution in [1.82, 2.24) is 15.2 Å². The van der Waals surface area contributed by atoms with Crippen molar-refractivity contribution in [3.8, 4) is 11.6 Å². The minimum atomic E-state index is -1.34. The zero-order valence-electron chi connectivity index (χ0n) is 21.7. The predicted octanol–water partition coefficient (Wildman–Crippen LogP) is 4.38. The van der Waals surface area contributed by atoms with Gasteiger partial charge in [-0.2, -0.15) is 0 Å². The normalized spacial score (nSPS) is 21.5. The second kappa shape index (κ2) is 10.9. The largest absolute Gasteiger partial charge is 0.445 e. The monoisotopic (exact) mass is 550 g/mol. The number of benzene rings is 2. The minimum Gasteiger partial charge on any atom is -0.445 e. The molecule has 0 saturated carbocycles. The van der Waals surface area contributed by atoms with Gasteiger partial charge < -0.3 is 20.5 Å². The summed E-state index contributed by atoms with van der Waals surface area (Å²) >= 11 is 0. The number of halogens is 2. The molecule has 9 nitrogen and oxygen atoms in total. The molecule has 5 rings (SSSR count). The first-order chi connectivity index (χ1) is 19.1. The Labute approximate surface area is 229 Å². The number of hydrogen-bond donors (Lipinski definition) is 2. The van der Waals surface area contributed by atoms with E-state index in [2.05, 4.69) is 10.3 Å². The molecule has 2 aliphatic rings. The summed E-state index contributed by atoms with van der Waals surface area (Å²) in [5, 5.41) is 2.83. The third kappa shape index (κ3) is 5.45. The summed E-state index contributed by atoms with van der Waals surface area (Å²) in [6.45, 7) is 1.98. The van der Waals surface area contributed by atoms with Gasteiger partial charge in [0.25, 0.3) is 5.91 Å². The number of nitrogens with two attached hydrogens (primary N) is 1. The van der Waals surface area contributed by atoms with E-state index in [0.29, 0.717) is 19.3 Å². The van der Waals surface area contributed by atoms with E-state index in [0.717, 1.165) is 23.4 Å². The van der Waals surface area contributed by atoms with Crippen molar-refractivity contribution in [3.63, 3.8) is 0 Å². The number of nitrogens with zero attached hydrogens (tertiary/aromatic N) is 2. The number of primary amides is 1. The van der Waals surface area contributed by atoms with E-state index < -0.39 is 47.2 Å². The van der Waals surface area contributed by atoms with E-state index in [1.165, 1.54) is 29.2 Å². The van der Waals surface area contributed by atoms with Gasteiger partial charge in [-0.25, -0.2) is 18.6 Å². The van der Waals surface area contributed by atoms with Crippen molar-refractivity contribution in [2.75, 3.05) is 0 Å². The molecule has 2 fully saturated rings. The Hall–Kier alpha value is -4.54. The van der Waals surface area contributed by atoms with E-state index in [1.54, 1.807) is 0 Å². The van der Waals surface area contributed by atoms with Gasteiger partial charge in [0.05, 0.1) is 6.20 Å². The SMILES string of the molecule is Cc1cccc(COC(=O)N2C3CCC2(C(N)=O)CC(NC(=O)c2cc(F)cnc2Oc2ccc(F)cc2)C3)c1. The van der Waals surface area contributed by atoms with Crippen LogP contribution in [0.5, 0.6) is 11.6 Å². The average Bonchev–Trinajstić information content (AvgIpc) is 3.17. The molecule has 2 bridgehead atoms. The van der Waals surface area contributed by atoms with Crippen LogP contribution in [0.2, 0.25) is 0 Å². The van der Waals surface area contributed by atoms with Crippen LogP contribution in [0.4, 0.5) is 13.6 Å². The lowest BCUT2D eigenvalue weighted by Gasteiger charge is -2.45. The Bertz CT molecular complexity index is 1450. The quantitative estimate of drug-likeness (QED) is 0.450. The number of ether oxygens (including phenoxy) is 2. The standard InChI is InChI=1S/C29H28F2N4O5/c1-17-3-2-4-18(11-17)16-39-28(38)35-22-9-10-29(35,27(32)37)14-21(13-22)34-25(36)24-12-20(31)15-33-26(24)40-23-7-5-19(30)6-8-23/h2-8,11-12,15,21-22H,9-10,13-14,16H2,1H3,(H2,32,37)(H,34,36). The molecule has 0 aliphatic carbocycles. The molecule has 208 valence electrons. The van der Waals surface area contributed by atoms with Gasteiger partial charge in [0, 0.05) is 18.5 Å². The fraction of sp³-hybridized carbons (Fsp3) is 0.310. The second-order valence-electron chi connectivity index (χ2n) is 10.2. The van der Waals surface area contributed by atoms with E-state index in [-0.39, 0.29) is 30.2 Å². The number of carbonyl (C=O) groups is 3. The van der Waals surface area contributed by atoms with Crippen LogP contribution in [0.3, 0.4) is 0 Å². The number of piperidine rings is 1. The van der Waals surface area contributed by atoms with Crippen LogP contribution in [0.25, 0.3) is 0 Å². The molecule has 1 aromatic heterocycles. The van der Waals surface area contributed by atoms with E-state index >= 15 is 0 Å². The molecule has 3 atom stereocenters. The molecule has 2 aromatic carbocycles. The molecule has 3 amide bonds. The highest BCUT2D eigenvalue weighted by Crippen LogP contribution is 2.45. The van der Waals surface area contributed by atoms with Crippen LogP contribution in [0.15, 0.2) is 60.8 Å². The van der Waals surface area contributed by atoms with Crippen LogP contribution < -0.4 is 15.8 Å². The second-order valence-corrected chi connectivity index (χ2v) is 10.2. The Kier molecular flexibility index (Phi) is 7.38. The van der Waals surface area contributed by atoms with Crippen molar-refractivity contribution < 1.29 is 32.6 Å². The molecule has 3 unspecified atom stereocenters. The van der Waals surface area contributed by atoms with E-state index in [1.807, 2.05) is 31.2 Å². The summed E-state index contributed by atoms with van der Waals surface area (Å²) in [5.74, 6) is -2.55. The van der Waals surface area contributed by atoms with Crippen molar-refractivity contribution in [1.29, 1.82) is 0 Å².